The second-order valence-electron chi connectivity index (χ2n) is 5.04. The van der Waals surface area contributed by atoms with Gasteiger partial charge in [0.1, 0.15) is 5.82 Å². The van der Waals surface area contributed by atoms with Gasteiger partial charge in [0.05, 0.1) is 11.2 Å². The minimum atomic E-state index is -0.177. The van der Waals surface area contributed by atoms with E-state index in [0.717, 1.165) is 17.8 Å². The molecule has 5 heteroatoms. The molecule has 0 radical (unpaired) electrons. The molecule has 0 saturated heterocycles. The van der Waals surface area contributed by atoms with Crippen molar-refractivity contribution >= 4 is 11.3 Å². The first-order valence-electron chi connectivity index (χ1n) is 6.58. The fourth-order valence-electron chi connectivity index (χ4n) is 2.20. The highest BCUT2D eigenvalue weighted by Crippen LogP contribution is 2.24. The van der Waals surface area contributed by atoms with Crippen molar-refractivity contribution in [1.82, 2.24) is 9.88 Å². The Morgan fingerprint density at radius 3 is 2.70 bits per heavy atom. The highest BCUT2D eigenvalue weighted by Gasteiger charge is 2.18. The van der Waals surface area contributed by atoms with Crippen molar-refractivity contribution in [1.29, 1.82) is 0 Å². The van der Waals surface area contributed by atoms with E-state index in [0.29, 0.717) is 12.1 Å². The summed E-state index contributed by atoms with van der Waals surface area (Å²) in [6.45, 7) is 4.99. The molecule has 1 aromatic carbocycles. The van der Waals surface area contributed by atoms with Gasteiger partial charge in [-0.3, -0.25) is 4.90 Å². The normalized spacial score (nSPS) is 12.9. The van der Waals surface area contributed by atoms with Crippen molar-refractivity contribution in [3.8, 4) is 0 Å². The predicted molar refractivity (Wildman–Crippen MR) is 81.3 cm³/mol. The number of thiazole rings is 1. The molecule has 2 N–H and O–H groups in total. The molecule has 1 unspecified atom stereocenters. The molecule has 0 saturated carbocycles. The van der Waals surface area contributed by atoms with Crippen LogP contribution in [0.4, 0.5) is 4.39 Å². The van der Waals surface area contributed by atoms with Crippen molar-refractivity contribution in [2.75, 3.05) is 13.6 Å². The Kier molecular flexibility index (Phi) is 4.86. The van der Waals surface area contributed by atoms with E-state index in [1.807, 2.05) is 25.5 Å². The molecule has 20 heavy (non-hydrogen) atoms. The van der Waals surface area contributed by atoms with E-state index in [4.69, 9.17) is 5.73 Å². The Morgan fingerprint density at radius 2 is 2.15 bits per heavy atom. The SMILES string of the molecule is Cc1ccc(C(CN)N(C)Cc2scnc2C)cc1F. The molecule has 3 nitrogen and oxygen atoms in total. The number of nitrogens with two attached hydrogens (primary N) is 1. The summed E-state index contributed by atoms with van der Waals surface area (Å²) < 4.78 is 13.7. The van der Waals surface area contributed by atoms with Crippen LogP contribution in [0.25, 0.3) is 0 Å². The van der Waals surface area contributed by atoms with Gasteiger partial charge >= 0.3 is 0 Å². The topological polar surface area (TPSA) is 42.1 Å². The molecule has 1 atom stereocenters. The van der Waals surface area contributed by atoms with Crippen LogP contribution < -0.4 is 5.73 Å². The summed E-state index contributed by atoms with van der Waals surface area (Å²) >= 11 is 1.64. The second-order valence-corrected chi connectivity index (χ2v) is 5.98. The maximum absolute atomic E-state index is 13.7. The molecule has 0 aliphatic carbocycles. The van der Waals surface area contributed by atoms with Gasteiger partial charge in [-0.1, -0.05) is 12.1 Å². The molecule has 108 valence electrons. The number of aromatic nitrogens is 1. The van der Waals surface area contributed by atoms with E-state index in [1.54, 1.807) is 30.4 Å². The maximum Gasteiger partial charge on any atom is 0.126 e. The number of halogens is 1. The summed E-state index contributed by atoms with van der Waals surface area (Å²) in [5.74, 6) is -0.177. The Labute approximate surface area is 123 Å². The van der Waals surface area contributed by atoms with Crippen molar-refractivity contribution in [3.63, 3.8) is 0 Å². The average molecular weight is 293 g/mol. The second kappa shape index (κ2) is 6.43. The van der Waals surface area contributed by atoms with Crippen LogP contribution in [0.5, 0.6) is 0 Å². The first-order valence-corrected chi connectivity index (χ1v) is 7.46. The molecule has 1 aromatic heterocycles. The Bertz CT molecular complexity index is 582. The number of benzene rings is 1. The molecule has 2 aromatic rings. The molecule has 1 heterocycles. The van der Waals surface area contributed by atoms with Crippen LogP contribution in [-0.4, -0.2) is 23.5 Å². The number of nitrogens with zero attached hydrogens (tertiary/aromatic N) is 2. The van der Waals surface area contributed by atoms with Crippen LogP contribution >= 0.6 is 11.3 Å². The fraction of sp³-hybridized carbons (Fsp3) is 0.400. The monoisotopic (exact) mass is 293 g/mol. The summed E-state index contributed by atoms with van der Waals surface area (Å²) in [7, 11) is 2.01. The van der Waals surface area contributed by atoms with Crippen LogP contribution in [0.15, 0.2) is 23.7 Å². The number of likely N-dealkylation sites (N-methyl/N-ethyl adjacent to an activating group) is 1. The number of hydrogen-bond acceptors (Lipinski definition) is 4. The Hall–Kier alpha value is -1.30. The van der Waals surface area contributed by atoms with Gasteiger partial charge in [0.25, 0.3) is 0 Å². The smallest absolute Gasteiger partial charge is 0.126 e. The van der Waals surface area contributed by atoms with E-state index >= 15 is 0 Å². The lowest BCUT2D eigenvalue weighted by Crippen LogP contribution is -2.30. The maximum atomic E-state index is 13.7. The fourth-order valence-corrected chi connectivity index (χ4v) is 3.04. The van der Waals surface area contributed by atoms with Gasteiger partial charge in [0, 0.05) is 24.0 Å². The lowest BCUT2D eigenvalue weighted by atomic mass is 10.0. The first kappa shape index (κ1) is 15.1. The standard InChI is InChI=1S/C15H20FN3S/c1-10-4-5-12(6-13(10)16)14(7-17)19(3)8-15-11(2)18-9-20-15/h4-6,9,14H,7-8,17H2,1-3H3. The number of rotatable bonds is 5. The Balaban J connectivity index is 2.18. The molecule has 0 spiro atoms. The first-order chi connectivity index (χ1) is 9.52. The van der Waals surface area contributed by atoms with Gasteiger partial charge in [0.2, 0.25) is 0 Å². The molecule has 0 amide bonds. The molecular weight excluding hydrogens is 273 g/mol. The van der Waals surface area contributed by atoms with E-state index in [2.05, 4.69) is 9.88 Å². The summed E-state index contributed by atoms with van der Waals surface area (Å²) in [5, 5.41) is 0. The predicted octanol–water partition coefficient (Wildman–Crippen LogP) is 3.03. The third kappa shape index (κ3) is 3.23. The Morgan fingerprint density at radius 1 is 1.40 bits per heavy atom. The highest BCUT2D eigenvalue weighted by molar-refractivity contribution is 7.09. The zero-order valence-electron chi connectivity index (χ0n) is 12.1. The van der Waals surface area contributed by atoms with Gasteiger partial charge in [-0.15, -0.1) is 11.3 Å². The van der Waals surface area contributed by atoms with Crippen LogP contribution in [0.3, 0.4) is 0 Å². The van der Waals surface area contributed by atoms with Crippen LogP contribution in [0.2, 0.25) is 0 Å². The minimum absolute atomic E-state index is 0.00611. The quantitative estimate of drug-likeness (QED) is 0.921. The summed E-state index contributed by atoms with van der Waals surface area (Å²) in [4.78, 5) is 7.62. The van der Waals surface area contributed by atoms with E-state index in [-0.39, 0.29) is 11.9 Å². The van der Waals surface area contributed by atoms with Crippen LogP contribution in [0, 0.1) is 19.7 Å². The van der Waals surface area contributed by atoms with Gasteiger partial charge in [-0.2, -0.15) is 0 Å². The summed E-state index contributed by atoms with van der Waals surface area (Å²) in [6.07, 6.45) is 0. The zero-order chi connectivity index (χ0) is 14.7. The lowest BCUT2D eigenvalue weighted by molar-refractivity contribution is 0.243. The summed E-state index contributed by atoms with van der Waals surface area (Å²) in [6, 6.07) is 5.35. The average Bonchev–Trinajstić information content (AvgIpc) is 2.80. The van der Waals surface area contributed by atoms with E-state index in [1.165, 1.54) is 4.88 Å². The highest BCUT2D eigenvalue weighted by atomic mass is 32.1. The van der Waals surface area contributed by atoms with E-state index < -0.39 is 0 Å². The lowest BCUT2D eigenvalue weighted by Gasteiger charge is -2.27. The zero-order valence-corrected chi connectivity index (χ0v) is 12.9. The van der Waals surface area contributed by atoms with Crippen LogP contribution in [0.1, 0.15) is 27.7 Å². The number of aryl methyl sites for hydroxylation is 2. The van der Waals surface area contributed by atoms with Gasteiger partial charge in [-0.25, -0.2) is 9.37 Å². The van der Waals surface area contributed by atoms with Gasteiger partial charge in [-0.05, 0) is 38.1 Å². The molecule has 0 bridgehead atoms. The molecule has 0 fully saturated rings. The summed E-state index contributed by atoms with van der Waals surface area (Å²) in [5.41, 5.74) is 10.4. The van der Waals surface area contributed by atoms with Crippen molar-refractivity contribution in [3.05, 3.63) is 51.2 Å². The third-order valence-electron chi connectivity index (χ3n) is 3.57. The van der Waals surface area contributed by atoms with Crippen molar-refractivity contribution < 1.29 is 4.39 Å². The van der Waals surface area contributed by atoms with Crippen molar-refractivity contribution in [2.45, 2.75) is 26.4 Å². The third-order valence-corrected chi connectivity index (χ3v) is 4.49. The van der Waals surface area contributed by atoms with Crippen LogP contribution in [-0.2, 0) is 6.54 Å². The number of hydrogen-bond donors (Lipinski definition) is 1. The largest absolute Gasteiger partial charge is 0.329 e. The van der Waals surface area contributed by atoms with E-state index in [9.17, 15) is 4.39 Å². The van der Waals surface area contributed by atoms with Gasteiger partial charge < -0.3 is 5.73 Å². The molecule has 0 aliphatic rings. The minimum Gasteiger partial charge on any atom is -0.329 e. The molecule has 0 aliphatic heterocycles. The molecular formula is C15H20FN3S. The van der Waals surface area contributed by atoms with Crippen molar-refractivity contribution in [2.24, 2.45) is 5.73 Å². The van der Waals surface area contributed by atoms with Gasteiger partial charge in [0.15, 0.2) is 0 Å². The molecule has 2 rings (SSSR count).